The van der Waals surface area contributed by atoms with Gasteiger partial charge in [-0.15, -0.1) is 5.10 Å². The molecule has 0 bridgehead atoms. The van der Waals surface area contributed by atoms with Crippen molar-refractivity contribution in [2.45, 2.75) is 45.3 Å². The maximum absolute atomic E-state index is 5.53. The molecule has 1 heterocycles. The van der Waals surface area contributed by atoms with Crippen LogP contribution in [0.2, 0.25) is 0 Å². The summed E-state index contributed by atoms with van der Waals surface area (Å²) < 4.78 is 5.53. The lowest BCUT2D eigenvalue weighted by Crippen LogP contribution is -2.15. The third kappa shape index (κ3) is 3.57. The summed E-state index contributed by atoms with van der Waals surface area (Å²) in [5, 5.41) is 14.5. The quantitative estimate of drug-likeness (QED) is 0.811. The minimum Gasteiger partial charge on any atom is -0.407 e. The highest BCUT2D eigenvalue weighted by atomic mass is 16.4. The summed E-state index contributed by atoms with van der Waals surface area (Å²) in [5.74, 6) is 0.640. The molecule has 0 atom stereocenters. The van der Waals surface area contributed by atoms with Gasteiger partial charge in [0.1, 0.15) is 0 Å². The Hall–Kier alpha value is -1.88. The Labute approximate surface area is 118 Å². The fourth-order valence-corrected chi connectivity index (χ4v) is 1.99. The SMILES string of the molecule is CCc1ccc(CNc2nnc(CNC3CC3)o2)cc1. The molecule has 5 heteroatoms. The van der Waals surface area contributed by atoms with E-state index in [9.17, 15) is 0 Å². The summed E-state index contributed by atoms with van der Waals surface area (Å²) >= 11 is 0. The van der Waals surface area contributed by atoms with Crippen LogP contribution < -0.4 is 10.6 Å². The van der Waals surface area contributed by atoms with Gasteiger partial charge in [-0.3, -0.25) is 0 Å². The topological polar surface area (TPSA) is 63.0 Å². The van der Waals surface area contributed by atoms with E-state index in [0.29, 0.717) is 31.0 Å². The molecule has 20 heavy (non-hydrogen) atoms. The lowest BCUT2D eigenvalue weighted by molar-refractivity contribution is 0.475. The van der Waals surface area contributed by atoms with Crippen molar-refractivity contribution in [3.63, 3.8) is 0 Å². The van der Waals surface area contributed by atoms with Gasteiger partial charge in [0.05, 0.1) is 6.54 Å². The Morgan fingerprint density at radius 2 is 1.85 bits per heavy atom. The first kappa shape index (κ1) is 13.1. The molecule has 3 rings (SSSR count). The Bertz CT molecular complexity index is 545. The minimum absolute atomic E-state index is 0.483. The Kier molecular flexibility index (Phi) is 3.97. The predicted molar refractivity (Wildman–Crippen MR) is 77.3 cm³/mol. The summed E-state index contributed by atoms with van der Waals surface area (Å²) in [6.07, 6.45) is 3.58. The fourth-order valence-electron chi connectivity index (χ4n) is 1.99. The Morgan fingerprint density at radius 1 is 1.10 bits per heavy atom. The van der Waals surface area contributed by atoms with Crippen LogP contribution in [0.5, 0.6) is 0 Å². The molecule has 5 nitrogen and oxygen atoms in total. The van der Waals surface area contributed by atoms with Gasteiger partial charge in [0.2, 0.25) is 5.89 Å². The normalized spacial score (nSPS) is 14.4. The summed E-state index contributed by atoms with van der Waals surface area (Å²) in [6, 6.07) is 9.67. The number of hydrogen-bond acceptors (Lipinski definition) is 5. The van der Waals surface area contributed by atoms with Gasteiger partial charge in [0.25, 0.3) is 0 Å². The molecule has 0 radical (unpaired) electrons. The van der Waals surface area contributed by atoms with Crippen LogP contribution in [0, 0.1) is 0 Å². The van der Waals surface area contributed by atoms with Gasteiger partial charge in [0.15, 0.2) is 0 Å². The van der Waals surface area contributed by atoms with Crippen molar-refractivity contribution in [1.29, 1.82) is 0 Å². The molecule has 1 aliphatic carbocycles. The largest absolute Gasteiger partial charge is 0.407 e. The lowest BCUT2D eigenvalue weighted by Gasteiger charge is -2.03. The number of rotatable bonds is 7. The molecule has 2 N–H and O–H groups in total. The number of anilines is 1. The van der Waals surface area contributed by atoms with Crippen LogP contribution in [0.25, 0.3) is 0 Å². The fraction of sp³-hybridized carbons (Fsp3) is 0.467. The average molecular weight is 272 g/mol. The number of aryl methyl sites for hydroxylation is 1. The molecule has 0 unspecified atom stereocenters. The van der Waals surface area contributed by atoms with E-state index < -0.39 is 0 Å². The zero-order valence-electron chi connectivity index (χ0n) is 11.7. The van der Waals surface area contributed by atoms with E-state index >= 15 is 0 Å². The summed E-state index contributed by atoms with van der Waals surface area (Å²) in [7, 11) is 0. The monoisotopic (exact) mass is 272 g/mol. The van der Waals surface area contributed by atoms with E-state index in [1.165, 1.54) is 24.0 Å². The average Bonchev–Trinajstić information content (AvgIpc) is 3.22. The second-order valence-electron chi connectivity index (χ2n) is 5.18. The van der Waals surface area contributed by atoms with E-state index in [2.05, 4.69) is 52.0 Å². The predicted octanol–water partition coefficient (Wildman–Crippen LogP) is 2.50. The van der Waals surface area contributed by atoms with Gasteiger partial charge < -0.3 is 15.1 Å². The molecule has 1 saturated carbocycles. The van der Waals surface area contributed by atoms with Crippen molar-refractivity contribution in [3.05, 3.63) is 41.3 Å². The van der Waals surface area contributed by atoms with Crippen LogP contribution in [0.3, 0.4) is 0 Å². The Morgan fingerprint density at radius 3 is 2.55 bits per heavy atom. The highest BCUT2D eigenvalue weighted by molar-refractivity contribution is 5.26. The van der Waals surface area contributed by atoms with Crippen LogP contribution in [-0.4, -0.2) is 16.2 Å². The molecule has 1 aliphatic rings. The molecule has 0 amide bonds. The third-order valence-corrected chi connectivity index (χ3v) is 3.46. The number of benzene rings is 1. The maximum Gasteiger partial charge on any atom is 0.315 e. The van der Waals surface area contributed by atoms with Gasteiger partial charge in [0, 0.05) is 12.6 Å². The van der Waals surface area contributed by atoms with Crippen molar-refractivity contribution in [2.24, 2.45) is 0 Å². The Balaban J connectivity index is 1.49. The second-order valence-corrected chi connectivity index (χ2v) is 5.18. The molecule has 1 fully saturated rings. The second kappa shape index (κ2) is 6.05. The molecular weight excluding hydrogens is 252 g/mol. The van der Waals surface area contributed by atoms with Crippen LogP contribution in [0.4, 0.5) is 6.01 Å². The van der Waals surface area contributed by atoms with E-state index in [-0.39, 0.29) is 0 Å². The van der Waals surface area contributed by atoms with Crippen molar-refractivity contribution >= 4 is 6.01 Å². The lowest BCUT2D eigenvalue weighted by atomic mass is 10.1. The van der Waals surface area contributed by atoms with Gasteiger partial charge in [-0.25, -0.2) is 0 Å². The maximum atomic E-state index is 5.53. The zero-order valence-corrected chi connectivity index (χ0v) is 11.7. The minimum atomic E-state index is 0.483. The van der Waals surface area contributed by atoms with Crippen LogP contribution in [0.15, 0.2) is 28.7 Å². The van der Waals surface area contributed by atoms with Crippen molar-refractivity contribution in [3.8, 4) is 0 Å². The molecule has 106 valence electrons. The molecule has 2 aromatic rings. The molecular formula is C15H20N4O. The first-order valence-corrected chi connectivity index (χ1v) is 7.21. The summed E-state index contributed by atoms with van der Waals surface area (Å²) in [5.41, 5.74) is 2.55. The number of nitrogens with one attached hydrogen (secondary N) is 2. The van der Waals surface area contributed by atoms with Crippen molar-refractivity contribution in [2.75, 3.05) is 5.32 Å². The van der Waals surface area contributed by atoms with Gasteiger partial charge in [-0.2, -0.15) is 0 Å². The third-order valence-electron chi connectivity index (χ3n) is 3.46. The van der Waals surface area contributed by atoms with E-state index in [0.717, 1.165) is 6.42 Å². The van der Waals surface area contributed by atoms with Gasteiger partial charge in [-0.1, -0.05) is 36.3 Å². The first-order chi connectivity index (χ1) is 9.83. The van der Waals surface area contributed by atoms with E-state index in [1.54, 1.807) is 0 Å². The molecule has 0 spiro atoms. The first-order valence-electron chi connectivity index (χ1n) is 7.21. The van der Waals surface area contributed by atoms with Gasteiger partial charge in [-0.05, 0) is 30.4 Å². The number of nitrogens with zero attached hydrogens (tertiary/aromatic N) is 2. The van der Waals surface area contributed by atoms with Crippen molar-refractivity contribution in [1.82, 2.24) is 15.5 Å². The number of hydrogen-bond donors (Lipinski definition) is 2. The van der Waals surface area contributed by atoms with Crippen LogP contribution in [-0.2, 0) is 19.5 Å². The van der Waals surface area contributed by atoms with Gasteiger partial charge >= 0.3 is 6.01 Å². The highest BCUT2D eigenvalue weighted by Gasteiger charge is 2.21. The highest BCUT2D eigenvalue weighted by Crippen LogP contribution is 2.19. The summed E-state index contributed by atoms with van der Waals surface area (Å²) in [4.78, 5) is 0. The molecule has 0 saturated heterocycles. The molecule has 1 aromatic carbocycles. The van der Waals surface area contributed by atoms with Crippen LogP contribution in [0.1, 0.15) is 36.8 Å². The molecule has 1 aromatic heterocycles. The van der Waals surface area contributed by atoms with E-state index in [1.807, 2.05) is 0 Å². The van der Waals surface area contributed by atoms with Crippen LogP contribution >= 0.6 is 0 Å². The smallest absolute Gasteiger partial charge is 0.315 e. The standard InChI is InChI=1S/C15H20N4O/c1-2-11-3-5-12(6-4-11)9-17-15-19-18-14(20-15)10-16-13-7-8-13/h3-6,13,16H,2,7-10H2,1H3,(H,17,19). The number of aromatic nitrogens is 2. The van der Waals surface area contributed by atoms with E-state index in [4.69, 9.17) is 4.42 Å². The summed E-state index contributed by atoms with van der Waals surface area (Å²) in [6.45, 7) is 3.51. The zero-order chi connectivity index (χ0) is 13.8. The van der Waals surface area contributed by atoms with Crippen molar-refractivity contribution < 1.29 is 4.42 Å². The molecule has 0 aliphatic heterocycles.